The molecule has 4 heteroatoms. The van der Waals surface area contributed by atoms with Crippen molar-refractivity contribution in [3.05, 3.63) is 59.8 Å². The Hall–Kier alpha value is -2.36. The molecule has 1 aliphatic heterocycles. The molecule has 1 aromatic carbocycles. The van der Waals surface area contributed by atoms with Crippen LogP contribution in [0.15, 0.2) is 48.7 Å². The third-order valence-corrected chi connectivity index (χ3v) is 4.62. The van der Waals surface area contributed by atoms with E-state index in [1.54, 1.807) is 6.20 Å². The van der Waals surface area contributed by atoms with Crippen molar-refractivity contribution in [3.63, 3.8) is 0 Å². The Morgan fingerprint density at radius 1 is 1.20 bits per heavy atom. The van der Waals surface area contributed by atoms with E-state index >= 15 is 0 Å². The highest BCUT2D eigenvalue weighted by Gasteiger charge is 2.27. The molecule has 0 saturated carbocycles. The number of carbonyl (C=O) groups excluding carboxylic acids is 1. The van der Waals surface area contributed by atoms with Gasteiger partial charge in [0.1, 0.15) is 6.10 Å². The maximum absolute atomic E-state index is 12.4. The van der Waals surface area contributed by atoms with E-state index in [0.717, 1.165) is 37.8 Å². The first kappa shape index (κ1) is 17.5. The number of carbonyl (C=O) groups is 1. The van der Waals surface area contributed by atoms with Gasteiger partial charge in [-0.2, -0.15) is 0 Å². The van der Waals surface area contributed by atoms with E-state index < -0.39 is 0 Å². The Bertz CT molecular complexity index is 670. The van der Waals surface area contributed by atoms with Crippen molar-refractivity contribution in [1.82, 2.24) is 9.88 Å². The summed E-state index contributed by atoms with van der Waals surface area (Å²) in [5.41, 5.74) is 2.46. The predicted molar refractivity (Wildman–Crippen MR) is 98.6 cm³/mol. The molecule has 0 bridgehead atoms. The Balaban J connectivity index is 1.36. The van der Waals surface area contributed by atoms with Crippen LogP contribution in [0.5, 0.6) is 5.88 Å². The topological polar surface area (TPSA) is 42.4 Å². The fraction of sp³-hybridized carbons (Fsp3) is 0.429. The fourth-order valence-corrected chi connectivity index (χ4v) is 3.15. The summed E-state index contributed by atoms with van der Waals surface area (Å²) in [5.74, 6) is 0.892. The van der Waals surface area contributed by atoms with Crippen molar-refractivity contribution in [3.8, 4) is 5.88 Å². The first-order valence-electron chi connectivity index (χ1n) is 9.12. The predicted octanol–water partition coefficient (Wildman–Crippen LogP) is 3.78. The molecule has 0 spiro atoms. The van der Waals surface area contributed by atoms with Crippen LogP contribution in [0.25, 0.3) is 0 Å². The molecule has 132 valence electrons. The average molecular weight is 338 g/mol. The van der Waals surface area contributed by atoms with Gasteiger partial charge in [0.2, 0.25) is 11.8 Å². The summed E-state index contributed by atoms with van der Waals surface area (Å²) in [7, 11) is 0. The molecular formula is C21H26N2O2. The van der Waals surface area contributed by atoms with Gasteiger partial charge in [-0.15, -0.1) is 0 Å². The number of hydrogen-bond donors (Lipinski definition) is 0. The number of nitrogens with zero attached hydrogens (tertiary/aromatic N) is 2. The summed E-state index contributed by atoms with van der Waals surface area (Å²) in [6.45, 7) is 3.46. The first-order valence-corrected chi connectivity index (χ1v) is 9.12. The molecule has 4 nitrogen and oxygen atoms in total. The Kier molecular flexibility index (Phi) is 6.04. The number of unbranched alkanes of at least 4 members (excludes halogenated alkanes) is 1. The van der Waals surface area contributed by atoms with Gasteiger partial charge in [0.15, 0.2) is 0 Å². The van der Waals surface area contributed by atoms with Crippen LogP contribution >= 0.6 is 0 Å². The molecule has 1 amide bonds. The van der Waals surface area contributed by atoms with Crippen LogP contribution in [0.2, 0.25) is 0 Å². The summed E-state index contributed by atoms with van der Waals surface area (Å²) in [5, 5.41) is 0. The molecule has 0 radical (unpaired) electrons. The molecule has 3 rings (SSSR count). The minimum absolute atomic E-state index is 0.0588. The molecule has 0 aliphatic carbocycles. The van der Waals surface area contributed by atoms with Crippen molar-refractivity contribution in [2.45, 2.75) is 45.1 Å². The smallest absolute Gasteiger partial charge is 0.222 e. The van der Waals surface area contributed by atoms with Crippen molar-refractivity contribution < 1.29 is 9.53 Å². The number of aromatic nitrogens is 1. The van der Waals surface area contributed by atoms with Gasteiger partial charge < -0.3 is 9.64 Å². The van der Waals surface area contributed by atoms with Crippen LogP contribution in [0.1, 0.15) is 36.8 Å². The maximum atomic E-state index is 12.4. The Morgan fingerprint density at radius 2 is 2.04 bits per heavy atom. The van der Waals surface area contributed by atoms with Gasteiger partial charge in [0, 0.05) is 31.6 Å². The summed E-state index contributed by atoms with van der Waals surface area (Å²) >= 11 is 0. The number of benzene rings is 1. The highest BCUT2D eigenvalue weighted by molar-refractivity contribution is 5.76. The first-order chi connectivity index (χ1) is 12.2. The normalized spacial score (nSPS) is 16.8. The summed E-state index contributed by atoms with van der Waals surface area (Å²) in [6, 6.07) is 14.3. The molecule has 0 N–H and O–H groups in total. The van der Waals surface area contributed by atoms with E-state index in [1.807, 2.05) is 30.0 Å². The minimum Gasteiger partial charge on any atom is -0.472 e. The molecule has 1 fully saturated rings. The largest absolute Gasteiger partial charge is 0.472 e. The lowest BCUT2D eigenvalue weighted by atomic mass is 10.1. The second-order valence-electron chi connectivity index (χ2n) is 6.73. The van der Waals surface area contributed by atoms with Crippen LogP contribution in [-0.2, 0) is 11.2 Å². The Morgan fingerprint density at radius 3 is 2.80 bits per heavy atom. The van der Waals surface area contributed by atoms with Gasteiger partial charge in [-0.1, -0.05) is 36.4 Å². The van der Waals surface area contributed by atoms with Crippen molar-refractivity contribution in [2.24, 2.45) is 0 Å². The molecule has 1 saturated heterocycles. The number of ether oxygens (including phenoxy) is 1. The van der Waals surface area contributed by atoms with Crippen LogP contribution in [-0.4, -0.2) is 35.0 Å². The van der Waals surface area contributed by atoms with E-state index in [9.17, 15) is 4.79 Å². The van der Waals surface area contributed by atoms with E-state index in [4.69, 9.17) is 4.74 Å². The van der Waals surface area contributed by atoms with Crippen LogP contribution in [0.3, 0.4) is 0 Å². The van der Waals surface area contributed by atoms with Gasteiger partial charge in [-0.3, -0.25) is 4.79 Å². The third-order valence-electron chi connectivity index (χ3n) is 4.62. The van der Waals surface area contributed by atoms with Gasteiger partial charge in [0.05, 0.1) is 6.54 Å². The fourth-order valence-electron chi connectivity index (χ4n) is 3.15. The monoisotopic (exact) mass is 338 g/mol. The number of hydrogen-bond acceptors (Lipinski definition) is 3. The second kappa shape index (κ2) is 8.65. The Labute approximate surface area is 149 Å². The third kappa shape index (κ3) is 5.31. The van der Waals surface area contributed by atoms with Crippen molar-refractivity contribution in [2.75, 3.05) is 13.1 Å². The zero-order valence-electron chi connectivity index (χ0n) is 14.9. The number of rotatable bonds is 7. The van der Waals surface area contributed by atoms with E-state index in [0.29, 0.717) is 18.8 Å². The molecule has 1 atom stereocenters. The lowest BCUT2D eigenvalue weighted by Crippen LogP contribution is -2.30. The average Bonchev–Trinajstić information content (AvgIpc) is 3.10. The van der Waals surface area contributed by atoms with E-state index in [1.165, 1.54) is 5.56 Å². The maximum Gasteiger partial charge on any atom is 0.222 e. The SMILES string of the molecule is Cc1ccc(OC2CCN(C(=O)CCCCc3ccccc3)C2)nc1. The quantitative estimate of drug-likeness (QED) is 0.722. The van der Waals surface area contributed by atoms with Crippen molar-refractivity contribution >= 4 is 5.91 Å². The van der Waals surface area contributed by atoms with Crippen LogP contribution < -0.4 is 4.74 Å². The van der Waals surface area contributed by atoms with Gasteiger partial charge in [-0.05, 0) is 37.3 Å². The van der Waals surface area contributed by atoms with Crippen LogP contribution in [0, 0.1) is 6.92 Å². The number of likely N-dealkylation sites (tertiary alicyclic amines) is 1. The summed E-state index contributed by atoms with van der Waals surface area (Å²) in [6.07, 6.45) is 6.40. The second-order valence-corrected chi connectivity index (χ2v) is 6.73. The van der Waals surface area contributed by atoms with Crippen molar-refractivity contribution in [1.29, 1.82) is 0 Å². The molecule has 1 unspecified atom stereocenters. The molecular weight excluding hydrogens is 312 g/mol. The lowest BCUT2D eigenvalue weighted by molar-refractivity contribution is -0.130. The molecule has 25 heavy (non-hydrogen) atoms. The minimum atomic E-state index is 0.0588. The number of amides is 1. The molecule has 1 aromatic heterocycles. The zero-order chi connectivity index (χ0) is 17.5. The van der Waals surface area contributed by atoms with Crippen LogP contribution in [0.4, 0.5) is 0 Å². The molecule has 1 aliphatic rings. The van der Waals surface area contributed by atoms with Gasteiger partial charge >= 0.3 is 0 Å². The summed E-state index contributed by atoms with van der Waals surface area (Å²) in [4.78, 5) is 18.6. The number of aryl methyl sites for hydroxylation is 2. The molecule has 2 aromatic rings. The zero-order valence-corrected chi connectivity index (χ0v) is 14.9. The molecule has 2 heterocycles. The van der Waals surface area contributed by atoms with Gasteiger partial charge in [0.25, 0.3) is 0 Å². The lowest BCUT2D eigenvalue weighted by Gasteiger charge is -2.17. The number of pyridine rings is 1. The van der Waals surface area contributed by atoms with Gasteiger partial charge in [-0.25, -0.2) is 4.98 Å². The highest BCUT2D eigenvalue weighted by Crippen LogP contribution is 2.18. The van der Waals surface area contributed by atoms with E-state index in [-0.39, 0.29) is 12.0 Å². The van der Waals surface area contributed by atoms with E-state index in [2.05, 4.69) is 29.2 Å². The summed E-state index contributed by atoms with van der Waals surface area (Å²) < 4.78 is 5.89. The standard InChI is InChI=1S/C21H26N2O2/c1-17-11-12-20(22-15-17)25-19-13-14-23(16-19)21(24)10-6-5-9-18-7-3-2-4-8-18/h2-4,7-8,11-12,15,19H,5-6,9-10,13-14,16H2,1H3. The highest BCUT2D eigenvalue weighted by atomic mass is 16.5.